The Bertz CT molecular complexity index is 1650. The molecule has 0 aliphatic carbocycles. The molecule has 0 saturated carbocycles. The van der Waals surface area contributed by atoms with E-state index in [1.807, 2.05) is 18.2 Å². The largest absolute Gasteiger partial charge is 0.480 e. The molecule has 1 aromatic heterocycles. The number of rotatable bonds is 7. The van der Waals surface area contributed by atoms with Crippen molar-refractivity contribution in [2.24, 2.45) is 4.99 Å². The number of halogens is 2. The molecule has 2 unspecified atom stereocenters. The topological polar surface area (TPSA) is 181 Å². The number of amides is 2. The van der Waals surface area contributed by atoms with Crippen molar-refractivity contribution in [2.45, 2.75) is 31.2 Å². The van der Waals surface area contributed by atoms with E-state index >= 15 is 0 Å². The highest BCUT2D eigenvalue weighted by molar-refractivity contribution is 6.40. The number of carbonyl (C=O) groups is 3. The second-order valence-corrected chi connectivity index (χ2v) is 11.1. The van der Waals surface area contributed by atoms with Gasteiger partial charge in [-0.05, 0) is 35.7 Å². The Hall–Kier alpha value is -4.35. The number of nitrogens with zero attached hydrogens (tertiary/aromatic N) is 4. The van der Waals surface area contributed by atoms with Crippen molar-refractivity contribution in [3.05, 3.63) is 68.9 Å². The number of methoxy groups -OCH3 is 1. The monoisotopic (exact) mass is 642 g/mol. The number of aliphatic hydroxyl groups is 1. The Balaban J connectivity index is 1.30. The van der Waals surface area contributed by atoms with Gasteiger partial charge >= 0.3 is 5.97 Å². The smallest absolute Gasteiger partial charge is 0.328 e. The van der Waals surface area contributed by atoms with E-state index in [0.717, 1.165) is 5.39 Å². The summed E-state index contributed by atoms with van der Waals surface area (Å²) in [7, 11) is 1.44. The van der Waals surface area contributed by atoms with E-state index < -0.39 is 36.7 Å². The number of likely N-dealkylation sites (tertiary alicyclic amines) is 1. The number of guanidine groups is 1. The van der Waals surface area contributed by atoms with Crippen LogP contribution in [-0.2, 0) is 22.5 Å². The molecule has 230 valence electrons. The number of nitrogens with one attached hydrogen (secondary N) is 2. The van der Waals surface area contributed by atoms with Gasteiger partial charge < -0.3 is 34.5 Å². The highest BCUT2D eigenvalue weighted by Crippen LogP contribution is 2.35. The summed E-state index contributed by atoms with van der Waals surface area (Å²) >= 11 is 13.1. The standard InChI is InChI=1S/C29H28Cl2N6O7/c1-43-23-13-37(12-20(23)38)29(34-14-32)33-10-19(28(41)42)35-26(39)24-18(30)8-16-11-36(7-6-17(16)25(24)31)27(40)22-9-15-4-2-3-5-21(15)44-22/h2-5,8-9,19-20,23,38H,6-7,10-13H2,1H3,(H,33,34)(H,35,39)(H,41,42)/t19-,20?,23?/m0/s1. The number of furan rings is 1. The molecule has 1 saturated heterocycles. The van der Waals surface area contributed by atoms with Crippen molar-refractivity contribution in [1.82, 2.24) is 20.4 Å². The SMILES string of the molecule is COC1CN(C(=NC[C@H](NC(=O)c2c(Cl)cc3c(c2Cl)CCN(C(=O)c2cc4ccccc4o2)C3)C(=O)O)NC#N)CC1O. The zero-order valence-electron chi connectivity index (χ0n) is 23.4. The molecule has 0 radical (unpaired) electrons. The van der Waals surface area contributed by atoms with Crippen molar-refractivity contribution >= 4 is 57.9 Å². The van der Waals surface area contributed by atoms with Gasteiger partial charge in [0.2, 0.25) is 5.96 Å². The molecule has 3 aromatic rings. The summed E-state index contributed by atoms with van der Waals surface area (Å²) in [5.41, 5.74) is 1.79. The molecule has 2 aliphatic heterocycles. The number of carboxylic acids is 1. The number of fused-ring (bicyclic) bond motifs is 2. The number of β-amino-alcohol motifs (C(OH)–C–C–N with tert-alkyl or cyclic N) is 1. The van der Waals surface area contributed by atoms with Crippen LogP contribution in [-0.4, -0.2) is 95.3 Å². The third-order valence-corrected chi connectivity index (χ3v) is 8.30. The van der Waals surface area contributed by atoms with Crippen molar-refractivity contribution < 1.29 is 33.8 Å². The van der Waals surface area contributed by atoms with Crippen molar-refractivity contribution in [3.8, 4) is 6.19 Å². The lowest BCUT2D eigenvalue weighted by molar-refractivity contribution is -0.138. The normalized spacial score (nSPS) is 18.9. The number of carbonyl (C=O) groups excluding carboxylic acids is 2. The molecular formula is C29H28Cl2N6O7. The number of aliphatic hydroxyl groups excluding tert-OH is 1. The lowest BCUT2D eigenvalue weighted by Crippen LogP contribution is -2.45. The van der Waals surface area contributed by atoms with Gasteiger partial charge in [-0.1, -0.05) is 41.4 Å². The van der Waals surface area contributed by atoms with Crippen LogP contribution in [0.25, 0.3) is 11.0 Å². The van der Waals surface area contributed by atoms with Crippen LogP contribution in [0.2, 0.25) is 10.0 Å². The first-order valence-corrected chi connectivity index (χ1v) is 14.3. The summed E-state index contributed by atoms with van der Waals surface area (Å²) in [4.78, 5) is 45.8. The molecule has 0 bridgehead atoms. The number of para-hydroxylation sites is 1. The van der Waals surface area contributed by atoms with E-state index in [9.17, 15) is 24.6 Å². The Morgan fingerprint density at radius 2 is 2.00 bits per heavy atom. The molecule has 0 spiro atoms. The summed E-state index contributed by atoms with van der Waals surface area (Å²) in [6.45, 7) is 0.382. The summed E-state index contributed by atoms with van der Waals surface area (Å²) in [6.07, 6.45) is 0.724. The molecule has 1 fully saturated rings. The molecule has 5 rings (SSSR count). The van der Waals surface area contributed by atoms with E-state index in [4.69, 9.17) is 37.6 Å². The molecule has 2 aliphatic rings. The fourth-order valence-corrected chi connectivity index (χ4v) is 6.06. The average molecular weight is 643 g/mol. The zero-order chi connectivity index (χ0) is 31.5. The van der Waals surface area contributed by atoms with Gasteiger partial charge in [-0.15, -0.1) is 0 Å². The maximum absolute atomic E-state index is 13.3. The molecule has 44 heavy (non-hydrogen) atoms. The summed E-state index contributed by atoms with van der Waals surface area (Å²) < 4.78 is 10.9. The fraction of sp³-hybridized carbons (Fsp3) is 0.345. The van der Waals surface area contributed by atoms with Crippen LogP contribution in [0.1, 0.15) is 32.0 Å². The summed E-state index contributed by atoms with van der Waals surface area (Å²) in [5.74, 6) is -2.26. The Morgan fingerprint density at radius 3 is 2.68 bits per heavy atom. The van der Waals surface area contributed by atoms with E-state index in [-0.39, 0.29) is 52.9 Å². The lowest BCUT2D eigenvalue weighted by atomic mass is 9.96. The highest BCUT2D eigenvalue weighted by Gasteiger charge is 2.34. The first-order chi connectivity index (χ1) is 21.1. The first-order valence-electron chi connectivity index (χ1n) is 13.6. The molecule has 4 N–H and O–H groups in total. The van der Waals surface area contributed by atoms with Gasteiger partial charge in [0.05, 0.1) is 28.3 Å². The maximum atomic E-state index is 13.3. The Morgan fingerprint density at radius 1 is 1.23 bits per heavy atom. The summed E-state index contributed by atoms with van der Waals surface area (Å²) in [5, 5.41) is 34.7. The Labute approximate surface area is 261 Å². The molecular weight excluding hydrogens is 615 g/mol. The van der Waals surface area contributed by atoms with Gasteiger partial charge in [-0.25, -0.2) is 9.79 Å². The minimum Gasteiger partial charge on any atom is -0.480 e. The van der Waals surface area contributed by atoms with Crippen LogP contribution in [0.4, 0.5) is 0 Å². The number of nitriles is 1. The molecule has 2 aromatic carbocycles. The van der Waals surface area contributed by atoms with Gasteiger partial charge in [0.25, 0.3) is 11.8 Å². The zero-order valence-corrected chi connectivity index (χ0v) is 24.9. The van der Waals surface area contributed by atoms with E-state index in [1.54, 1.807) is 34.2 Å². The van der Waals surface area contributed by atoms with Crippen molar-refractivity contribution in [2.75, 3.05) is 33.3 Å². The minimum absolute atomic E-state index is 0.0135. The average Bonchev–Trinajstić information content (AvgIpc) is 3.61. The molecule has 3 heterocycles. The van der Waals surface area contributed by atoms with Crippen LogP contribution in [0, 0.1) is 11.5 Å². The number of hydrogen-bond donors (Lipinski definition) is 4. The number of aliphatic imine (C=N–C) groups is 1. The van der Waals surface area contributed by atoms with Gasteiger partial charge in [-0.2, -0.15) is 5.26 Å². The van der Waals surface area contributed by atoms with Crippen molar-refractivity contribution in [3.63, 3.8) is 0 Å². The number of ether oxygens (including phenoxy) is 1. The predicted octanol–water partition coefficient (Wildman–Crippen LogP) is 2.24. The van der Waals surface area contributed by atoms with Gasteiger partial charge in [0.15, 0.2) is 12.0 Å². The second-order valence-electron chi connectivity index (χ2n) is 10.3. The first kappa shape index (κ1) is 31.1. The van der Waals surface area contributed by atoms with E-state index in [0.29, 0.717) is 29.7 Å². The molecule has 13 nitrogen and oxygen atoms in total. The number of benzene rings is 2. The lowest BCUT2D eigenvalue weighted by Gasteiger charge is -2.30. The molecule has 15 heteroatoms. The van der Waals surface area contributed by atoms with Crippen LogP contribution in [0.3, 0.4) is 0 Å². The quantitative estimate of drug-likeness (QED) is 0.129. The van der Waals surface area contributed by atoms with E-state index in [1.165, 1.54) is 7.11 Å². The third-order valence-electron chi connectivity index (χ3n) is 7.59. The number of carboxylic acid groups (broad SMARTS) is 1. The maximum Gasteiger partial charge on any atom is 0.328 e. The second kappa shape index (κ2) is 13.1. The number of hydrogen-bond acceptors (Lipinski definition) is 8. The van der Waals surface area contributed by atoms with Crippen LogP contribution in [0.15, 0.2) is 45.8 Å². The van der Waals surface area contributed by atoms with Gasteiger partial charge in [0, 0.05) is 38.7 Å². The predicted molar refractivity (Wildman–Crippen MR) is 159 cm³/mol. The molecule has 2 amide bonds. The minimum atomic E-state index is -1.50. The fourth-order valence-electron chi connectivity index (χ4n) is 5.30. The van der Waals surface area contributed by atoms with Crippen LogP contribution in [0.5, 0.6) is 0 Å². The van der Waals surface area contributed by atoms with E-state index in [2.05, 4.69) is 15.6 Å². The Kier molecular flexibility index (Phi) is 9.26. The van der Waals surface area contributed by atoms with Gasteiger partial charge in [0.1, 0.15) is 17.7 Å². The third kappa shape index (κ3) is 6.29. The highest BCUT2D eigenvalue weighted by atomic mass is 35.5. The van der Waals surface area contributed by atoms with Crippen LogP contribution >= 0.6 is 23.2 Å². The number of aliphatic carboxylic acids is 1. The molecule has 3 atom stereocenters. The van der Waals surface area contributed by atoms with Gasteiger partial charge in [-0.3, -0.25) is 14.9 Å². The summed E-state index contributed by atoms with van der Waals surface area (Å²) in [6, 6.07) is 9.05. The van der Waals surface area contributed by atoms with Crippen molar-refractivity contribution in [1.29, 1.82) is 5.26 Å². The van der Waals surface area contributed by atoms with Crippen LogP contribution < -0.4 is 10.6 Å².